The van der Waals surface area contributed by atoms with E-state index in [0.29, 0.717) is 40.4 Å². The van der Waals surface area contributed by atoms with Crippen LogP contribution >= 0.6 is 23.4 Å². The summed E-state index contributed by atoms with van der Waals surface area (Å²) >= 11 is 7.54. The van der Waals surface area contributed by atoms with Gasteiger partial charge in [-0.3, -0.25) is 14.2 Å². The SMILES string of the molecule is CCOC(=O)[C@H](C)Sc1nnc(CNC(=O)C23CC4CC(CC(C4)C2)C3)n1-c1cccc(Cl)c1. The molecule has 4 saturated carbocycles. The minimum Gasteiger partial charge on any atom is -0.465 e. The standard InChI is InChI=1S/C25H31ClN4O3S/c1-3-33-22(31)15(2)34-24-29-28-21(30(24)20-6-4-5-19(26)10-20)14-27-23(32)25-11-16-7-17(12-25)9-18(8-16)13-25/h4-6,10,15-18H,3,7-9,11-14H2,1-2H3,(H,27,32)/t15-,16?,17?,18?,25?/m0/s1. The molecule has 1 aromatic carbocycles. The molecule has 0 aliphatic heterocycles. The van der Waals surface area contributed by atoms with Crippen molar-refractivity contribution in [1.29, 1.82) is 0 Å². The van der Waals surface area contributed by atoms with E-state index in [9.17, 15) is 9.59 Å². The van der Waals surface area contributed by atoms with Gasteiger partial charge in [0.2, 0.25) is 5.91 Å². The lowest BCUT2D eigenvalue weighted by molar-refractivity contribution is -0.146. The Morgan fingerprint density at radius 3 is 2.50 bits per heavy atom. The summed E-state index contributed by atoms with van der Waals surface area (Å²) in [4.78, 5) is 25.7. The molecule has 1 N–H and O–H groups in total. The minimum absolute atomic E-state index is 0.154. The van der Waals surface area contributed by atoms with Gasteiger partial charge in [0.25, 0.3) is 0 Å². The van der Waals surface area contributed by atoms with Gasteiger partial charge in [0.05, 0.1) is 18.8 Å². The van der Waals surface area contributed by atoms with Crippen molar-refractivity contribution in [2.45, 2.75) is 69.3 Å². The van der Waals surface area contributed by atoms with Crippen molar-refractivity contribution in [1.82, 2.24) is 20.1 Å². The Balaban J connectivity index is 1.36. The monoisotopic (exact) mass is 502 g/mol. The summed E-state index contributed by atoms with van der Waals surface area (Å²) in [7, 11) is 0. The van der Waals surface area contributed by atoms with Crippen molar-refractivity contribution in [2.24, 2.45) is 23.2 Å². The van der Waals surface area contributed by atoms with Gasteiger partial charge in [0, 0.05) is 10.4 Å². The second-order valence-electron chi connectivity index (χ2n) is 10.1. The van der Waals surface area contributed by atoms with Crippen LogP contribution in [-0.2, 0) is 20.9 Å². The molecule has 9 heteroatoms. The van der Waals surface area contributed by atoms with Crippen molar-refractivity contribution in [3.05, 3.63) is 35.1 Å². The summed E-state index contributed by atoms with van der Waals surface area (Å²) in [5.41, 5.74) is 0.571. The minimum atomic E-state index is -0.448. The van der Waals surface area contributed by atoms with Crippen LogP contribution < -0.4 is 5.32 Å². The van der Waals surface area contributed by atoms with Gasteiger partial charge in [-0.05, 0) is 88.3 Å². The molecule has 6 rings (SSSR count). The smallest absolute Gasteiger partial charge is 0.319 e. The number of hydrogen-bond acceptors (Lipinski definition) is 6. The number of rotatable bonds is 8. The number of aromatic nitrogens is 3. The zero-order chi connectivity index (χ0) is 23.9. The van der Waals surface area contributed by atoms with Crippen LogP contribution in [0, 0.1) is 23.2 Å². The summed E-state index contributed by atoms with van der Waals surface area (Å²) < 4.78 is 7.02. The maximum Gasteiger partial charge on any atom is 0.319 e. The summed E-state index contributed by atoms with van der Waals surface area (Å²) in [6, 6.07) is 7.41. The summed E-state index contributed by atoms with van der Waals surface area (Å²) in [6.45, 7) is 4.17. The molecule has 0 spiro atoms. The van der Waals surface area contributed by atoms with Gasteiger partial charge in [0.1, 0.15) is 5.25 Å². The Kier molecular flexibility index (Phi) is 6.64. The molecule has 2 aromatic rings. The first-order chi connectivity index (χ1) is 16.4. The number of carbonyl (C=O) groups excluding carboxylic acids is 2. The number of nitrogens with zero attached hydrogens (tertiary/aromatic N) is 3. The largest absolute Gasteiger partial charge is 0.465 e. The van der Waals surface area contributed by atoms with Gasteiger partial charge in [-0.15, -0.1) is 10.2 Å². The zero-order valence-corrected chi connectivity index (χ0v) is 21.2. The number of nitrogens with one attached hydrogen (secondary N) is 1. The van der Waals surface area contributed by atoms with E-state index in [0.717, 1.165) is 24.9 Å². The maximum atomic E-state index is 13.5. The number of carbonyl (C=O) groups is 2. The van der Waals surface area contributed by atoms with Crippen molar-refractivity contribution >= 4 is 35.2 Å². The van der Waals surface area contributed by atoms with E-state index < -0.39 is 5.25 Å². The second kappa shape index (κ2) is 9.53. The van der Waals surface area contributed by atoms with Gasteiger partial charge in [-0.25, -0.2) is 0 Å². The Bertz CT molecular complexity index is 1050. The Hall–Kier alpha value is -2.06. The molecular weight excluding hydrogens is 472 g/mol. The topological polar surface area (TPSA) is 86.1 Å². The average Bonchev–Trinajstić information content (AvgIpc) is 3.19. The highest BCUT2D eigenvalue weighted by Gasteiger charge is 2.54. The first-order valence-corrected chi connectivity index (χ1v) is 13.4. The third-order valence-corrected chi connectivity index (χ3v) is 8.85. The molecule has 0 saturated heterocycles. The predicted octanol–water partition coefficient (Wildman–Crippen LogP) is 4.80. The van der Waals surface area contributed by atoms with Crippen molar-refractivity contribution < 1.29 is 14.3 Å². The lowest BCUT2D eigenvalue weighted by Crippen LogP contribution is -2.53. The Labute approximate surface area is 209 Å². The van der Waals surface area contributed by atoms with Gasteiger partial charge in [-0.2, -0.15) is 0 Å². The van der Waals surface area contributed by atoms with Crippen LogP contribution in [0.25, 0.3) is 5.69 Å². The molecule has 4 bridgehead atoms. The van der Waals surface area contributed by atoms with E-state index in [4.69, 9.17) is 16.3 Å². The maximum absolute atomic E-state index is 13.5. The molecule has 1 heterocycles. The number of halogens is 1. The third-order valence-electron chi connectivity index (χ3n) is 7.59. The number of benzene rings is 1. The van der Waals surface area contributed by atoms with Crippen molar-refractivity contribution in [3.8, 4) is 5.69 Å². The molecule has 1 atom stereocenters. The fraction of sp³-hybridized carbons (Fsp3) is 0.600. The van der Waals surface area contributed by atoms with Crippen LogP contribution in [-0.4, -0.2) is 38.5 Å². The average molecular weight is 503 g/mol. The van der Waals surface area contributed by atoms with Crippen LogP contribution in [0.4, 0.5) is 0 Å². The Morgan fingerprint density at radius 1 is 1.21 bits per heavy atom. The molecule has 0 radical (unpaired) electrons. The lowest BCUT2D eigenvalue weighted by atomic mass is 9.49. The van der Waals surface area contributed by atoms with E-state index in [1.54, 1.807) is 19.9 Å². The highest BCUT2D eigenvalue weighted by molar-refractivity contribution is 8.00. The van der Waals surface area contributed by atoms with E-state index in [-0.39, 0.29) is 23.8 Å². The van der Waals surface area contributed by atoms with Gasteiger partial charge < -0.3 is 10.1 Å². The van der Waals surface area contributed by atoms with Crippen molar-refractivity contribution in [3.63, 3.8) is 0 Å². The molecular formula is C25H31ClN4O3S. The summed E-state index contributed by atoms with van der Waals surface area (Å²) in [6.07, 6.45) is 6.95. The molecule has 7 nitrogen and oxygen atoms in total. The molecule has 4 fully saturated rings. The molecule has 1 amide bonds. The number of ether oxygens (including phenoxy) is 1. The van der Waals surface area contributed by atoms with Crippen LogP contribution in [0.15, 0.2) is 29.4 Å². The molecule has 34 heavy (non-hydrogen) atoms. The summed E-state index contributed by atoms with van der Waals surface area (Å²) in [5.74, 6) is 2.59. The second-order valence-corrected chi connectivity index (χ2v) is 11.9. The molecule has 1 aromatic heterocycles. The molecule has 0 unspecified atom stereocenters. The zero-order valence-electron chi connectivity index (χ0n) is 19.6. The number of hydrogen-bond donors (Lipinski definition) is 1. The van der Waals surface area contributed by atoms with Gasteiger partial charge in [-0.1, -0.05) is 29.4 Å². The number of esters is 1. The predicted molar refractivity (Wildman–Crippen MR) is 131 cm³/mol. The van der Waals surface area contributed by atoms with Crippen molar-refractivity contribution in [2.75, 3.05) is 6.61 Å². The van der Waals surface area contributed by atoms with Gasteiger partial charge in [0.15, 0.2) is 11.0 Å². The highest BCUT2D eigenvalue weighted by atomic mass is 35.5. The lowest BCUT2D eigenvalue weighted by Gasteiger charge is -2.55. The third kappa shape index (κ3) is 4.59. The normalized spacial score (nSPS) is 28.0. The van der Waals surface area contributed by atoms with Crippen LogP contribution in [0.1, 0.15) is 58.2 Å². The fourth-order valence-electron chi connectivity index (χ4n) is 6.57. The fourth-order valence-corrected chi connectivity index (χ4v) is 7.64. The Morgan fingerprint density at radius 2 is 1.88 bits per heavy atom. The number of thioether (sulfide) groups is 1. The molecule has 182 valence electrons. The van der Waals surface area contributed by atoms with E-state index in [1.165, 1.54) is 31.0 Å². The van der Waals surface area contributed by atoms with Crippen LogP contribution in [0.3, 0.4) is 0 Å². The van der Waals surface area contributed by atoms with Crippen LogP contribution in [0.5, 0.6) is 0 Å². The first-order valence-electron chi connectivity index (χ1n) is 12.2. The first kappa shape index (κ1) is 23.7. The van der Waals surface area contributed by atoms with E-state index in [1.807, 2.05) is 22.8 Å². The molecule has 4 aliphatic rings. The van der Waals surface area contributed by atoms with Gasteiger partial charge >= 0.3 is 5.97 Å². The quantitative estimate of drug-likeness (QED) is 0.412. The molecule has 4 aliphatic carbocycles. The summed E-state index contributed by atoms with van der Waals surface area (Å²) in [5, 5.41) is 12.6. The van der Waals surface area contributed by atoms with E-state index in [2.05, 4.69) is 15.5 Å². The highest BCUT2D eigenvalue weighted by Crippen LogP contribution is 2.60. The van der Waals surface area contributed by atoms with E-state index >= 15 is 0 Å². The van der Waals surface area contributed by atoms with Crippen LogP contribution in [0.2, 0.25) is 5.02 Å². The number of amides is 1.